The van der Waals surface area contributed by atoms with Crippen molar-refractivity contribution < 1.29 is 23.8 Å². The highest BCUT2D eigenvalue weighted by Gasteiger charge is 2.24. The normalized spacial score (nSPS) is 16.9. The molecule has 0 unspecified atom stereocenters. The maximum Gasteiger partial charge on any atom is 0.335 e. The topological polar surface area (TPSA) is 60.8 Å². The Morgan fingerprint density at radius 2 is 1.72 bits per heavy atom. The van der Waals surface area contributed by atoms with E-state index in [1.165, 1.54) is 4.90 Å². The smallest absolute Gasteiger partial charge is 0.335 e. The zero-order valence-electron chi connectivity index (χ0n) is 9.57. The van der Waals surface area contributed by atoms with Gasteiger partial charge in [0.15, 0.2) is 0 Å². The van der Waals surface area contributed by atoms with Gasteiger partial charge in [-0.05, 0) is 25.0 Å². The third-order valence-corrected chi connectivity index (χ3v) is 3.04. The summed E-state index contributed by atoms with van der Waals surface area (Å²) in [7, 11) is 0. The summed E-state index contributed by atoms with van der Waals surface area (Å²) in [5, 5.41) is 18.0. The summed E-state index contributed by atoms with van der Waals surface area (Å²) in [6.45, 7) is 0.697. The molecular weight excluding hydrogens is 244 g/mol. The van der Waals surface area contributed by atoms with Crippen LogP contribution in [0, 0.1) is 11.6 Å². The number of halogens is 2. The van der Waals surface area contributed by atoms with Crippen LogP contribution in [0.1, 0.15) is 23.2 Å². The van der Waals surface area contributed by atoms with E-state index in [9.17, 15) is 18.7 Å². The lowest BCUT2D eigenvalue weighted by molar-refractivity contribution is 0.0695. The molecule has 18 heavy (non-hydrogen) atoms. The minimum absolute atomic E-state index is 0.216. The average molecular weight is 257 g/mol. The second-order valence-electron chi connectivity index (χ2n) is 4.31. The largest absolute Gasteiger partial charge is 0.478 e. The second kappa shape index (κ2) is 4.89. The quantitative estimate of drug-likeness (QED) is 0.845. The zero-order chi connectivity index (χ0) is 13.3. The summed E-state index contributed by atoms with van der Waals surface area (Å²) in [6, 6.07) is 1.62. The Balaban J connectivity index is 2.31. The van der Waals surface area contributed by atoms with E-state index in [2.05, 4.69) is 0 Å². The van der Waals surface area contributed by atoms with E-state index in [1.54, 1.807) is 0 Å². The van der Waals surface area contributed by atoms with Crippen LogP contribution >= 0.6 is 0 Å². The molecule has 4 nitrogen and oxygen atoms in total. The van der Waals surface area contributed by atoms with Crippen molar-refractivity contribution in [2.45, 2.75) is 18.9 Å². The standard InChI is InChI=1S/C12H13F2NO3/c13-9-5-7(12(17)18)6-10(14)11(9)15-3-1-8(16)2-4-15/h5-6,8,16H,1-4H2,(H,17,18). The van der Waals surface area contributed by atoms with Gasteiger partial charge in [-0.1, -0.05) is 0 Å². The number of carboxylic acids is 1. The third kappa shape index (κ3) is 2.43. The van der Waals surface area contributed by atoms with Crippen LogP contribution in [0.15, 0.2) is 12.1 Å². The first kappa shape index (κ1) is 12.8. The minimum Gasteiger partial charge on any atom is -0.478 e. The van der Waals surface area contributed by atoms with Gasteiger partial charge in [-0.3, -0.25) is 0 Å². The number of hydrogen-bond acceptors (Lipinski definition) is 3. The summed E-state index contributed by atoms with van der Waals surface area (Å²) in [6.07, 6.45) is 0.449. The minimum atomic E-state index is -1.37. The van der Waals surface area contributed by atoms with E-state index in [1.807, 2.05) is 0 Å². The van der Waals surface area contributed by atoms with Crippen molar-refractivity contribution in [1.82, 2.24) is 0 Å². The molecule has 0 amide bonds. The Morgan fingerprint density at radius 3 is 2.17 bits per heavy atom. The molecule has 1 aromatic rings. The van der Waals surface area contributed by atoms with Gasteiger partial charge >= 0.3 is 5.97 Å². The molecule has 0 spiro atoms. The average Bonchev–Trinajstić information content (AvgIpc) is 2.30. The number of anilines is 1. The van der Waals surface area contributed by atoms with Crippen molar-refractivity contribution >= 4 is 11.7 Å². The summed E-state index contributed by atoms with van der Waals surface area (Å²) >= 11 is 0. The molecule has 0 saturated carbocycles. The number of carboxylic acid groups (broad SMARTS) is 1. The number of hydrogen-bond donors (Lipinski definition) is 2. The fourth-order valence-electron chi connectivity index (χ4n) is 2.08. The number of carbonyl (C=O) groups is 1. The van der Waals surface area contributed by atoms with Crippen LogP contribution in [0.25, 0.3) is 0 Å². The number of aromatic carboxylic acids is 1. The molecule has 2 rings (SSSR count). The summed E-state index contributed by atoms with van der Waals surface area (Å²) in [5.74, 6) is -3.14. The van der Waals surface area contributed by atoms with Gasteiger partial charge in [-0.15, -0.1) is 0 Å². The first-order valence-electron chi connectivity index (χ1n) is 5.64. The maximum atomic E-state index is 13.7. The Kier molecular flexibility index (Phi) is 3.47. The second-order valence-corrected chi connectivity index (χ2v) is 4.31. The molecule has 2 N–H and O–H groups in total. The molecule has 1 fully saturated rings. The van der Waals surface area contributed by atoms with Gasteiger partial charge in [0.1, 0.15) is 17.3 Å². The molecule has 0 aliphatic carbocycles. The summed E-state index contributed by atoms with van der Waals surface area (Å²) < 4.78 is 27.5. The van der Waals surface area contributed by atoms with Gasteiger partial charge in [-0.25, -0.2) is 13.6 Å². The van der Waals surface area contributed by atoms with Crippen molar-refractivity contribution in [1.29, 1.82) is 0 Å². The van der Waals surface area contributed by atoms with Crippen molar-refractivity contribution in [3.05, 3.63) is 29.3 Å². The first-order chi connectivity index (χ1) is 8.49. The number of piperidine rings is 1. The fourth-order valence-corrected chi connectivity index (χ4v) is 2.08. The first-order valence-corrected chi connectivity index (χ1v) is 5.64. The van der Waals surface area contributed by atoms with E-state index in [0.717, 1.165) is 12.1 Å². The Hall–Kier alpha value is -1.69. The van der Waals surface area contributed by atoms with Crippen molar-refractivity contribution in [2.75, 3.05) is 18.0 Å². The van der Waals surface area contributed by atoms with E-state index < -0.39 is 29.3 Å². The van der Waals surface area contributed by atoms with E-state index in [-0.39, 0.29) is 5.69 Å². The molecule has 0 aromatic heterocycles. The molecule has 1 heterocycles. The SMILES string of the molecule is O=C(O)c1cc(F)c(N2CCC(O)CC2)c(F)c1. The number of benzene rings is 1. The van der Waals surface area contributed by atoms with Gasteiger partial charge in [0.05, 0.1) is 11.7 Å². The number of rotatable bonds is 2. The molecule has 1 aromatic carbocycles. The van der Waals surface area contributed by atoms with Crippen LogP contribution in [0.5, 0.6) is 0 Å². The highest BCUT2D eigenvalue weighted by atomic mass is 19.1. The van der Waals surface area contributed by atoms with Crippen molar-refractivity contribution in [3.8, 4) is 0 Å². The molecule has 1 aliphatic heterocycles. The van der Waals surface area contributed by atoms with E-state index in [4.69, 9.17) is 5.11 Å². The predicted molar refractivity (Wildman–Crippen MR) is 60.8 cm³/mol. The molecule has 0 radical (unpaired) electrons. The molecule has 98 valence electrons. The zero-order valence-corrected chi connectivity index (χ0v) is 9.57. The molecule has 6 heteroatoms. The lowest BCUT2D eigenvalue weighted by Gasteiger charge is -2.31. The van der Waals surface area contributed by atoms with Gasteiger partial charge in [0.25, 0.3) is 0 Å². The third-order valence-electron chi connectivity index (χ3n) is 3.04. The lowest BCUT2D eigenvalue weighted by atomic mass is 10.1. The number of nitrogens with zero attached hydrogens (tertiary/aromatic N) is 1. The lowest BCUT2D eigenvalue weighted by Crippen LogP contribution is -2.37. The Labute approximate surface area is 102 Å². The molecule has 0 bridgehead atoms. The Morgan fingerprint density at radius 1 is 1.22 bits per heavy atom. The van der Waals surface area contributed by atoms with Crippen LogP contribution in [-0.4, -0.2) is 35.4 Å². The van der Waals surface area contributed by atoms with Gasteiger partial charge in [0, 0.05) is 13.1 Å². The Bertz CT molecular complexity index is 447. The molecule has 1 aliphatic rings. The van der Waals surface area contributed by atoms with Crippen LogP contribution in [0.4, 0.5) is 14.5 Å². The molecule has 0 atom stereocenters. The van der Waals surface area contributed by atoms with Crippen molar-refractivity contribution in [3.63, 3.8) is 0 Å². The number of aliphatic hydroxyl groups is 1. The van der Waals surface area contributed by atoms with E-state index >= 15 is 0 Å². The van der Waals surface area contributed by atoms with E-state index in [0.29, 0.717) is 25.9 Å². The highest BCUT2D eigenvalue weighted by Crippen LogP contribution is 2.27. The van der Waals surface area contributed by atoms with Crippen LogP contribution in [-0.2, 0) is 0 Å². The monoisotopic (exact) mass is 257 g/mol. The van der Waals surface area contributed by atoms with Crippen LogP contribution < -0.4 is 4.90 Å². The fraction of sp³-hybridized carbons (Fsp3) is 0.417. The molecular formula is C12H13F2NO3. The van der Waals surface area contributed by atoms with Gasteiger partial charge in [-0.2, -0.15) is 0 Å². The summed E-state index contributed by atoms with van der Waals surface area (Å²) in [4.78, 5) is 12.1. The van der Waals surface area contributed by atoms with Crippen LogP contribution in [0.3, 0.4) is 0 Å². The van der Waals surface area contributed by atoms with Crippen molar-refractivity contribution in [2.24, 2.45) is 0 Å². The molecule has 1 saturated heterocycles. The predicted octanol–water partition coefficient (Wildman–Crippen LogP) is 1.62. The van der Waals surface area contributed by atoms with Gasteiger partial charge in [0.2, 0.25) is 0 Å². The van der Waals surface area contributed by atoms with Gasteiger partial charge < -0.3 is 15.1 Å². The number of aliphatic hydroxyl groups excluding tert-OH is 1. The van der Waals surface area contributed by atoms with Crippen LogP contribution in [0.2, 0.25) is 0 Å². The summed E-state index contributed by atoms with van der Waals surface area (Å²) in [5.41, 5.74) is -0.627. The highest BCUT2D eigenvalue weighted by molar-refractivity contribution is 5.88. The maximum absolute atomic E-state index is 13.7.